The molecule has 0 bridgehead atoms. The summed E-state index contributed by atoms with van der Waals surface area (Å²) in [5, 5.41) is 3.34. The van der Waals surface area contributed by atoms with Gasteiger partial charge in [0.25, 0.3) is 0 Å². The number of aryl methyl sites for hydroxylation is 1. The van der Waals surface area contributed by atoms with Gasteiger partial charge in [0.2, 0.25) is 0 Å². The van der Waals surface area contributed by atoms with Crippen molar-refractivity contribution in [3.63, 3.8) is 0 Å². The standard InChI is InChI=1S/C12H20IN3O/c1-4-7-14-12-11(13)9(5-2)15-10(16-12)8-17-6-3/h4-8H2,1-3H3,(H,14,15,16). The Morgan fingerprint density at radius 2 is 2.00 bits per heavy atom. The maximum absolute atomic E-state index is 5.36. The number of hydrogen-bond donors (Lipinski definition) is 1. The number of anilines is 1. The third-order valence-electron chi connectivity index (χ3n) is 2.28. The molecule has 0 fully saturated rings. The van der Waals surface area contributed by atoms with Crippen LogP contribution in [0.3, 0.4) is 0 Å². The zero-order valence-corrected chi connectivity index (χ0v) is 12.9. The fraction of sp³-hybridized carbons (Fsp3) is 0.667. The molecule has 0 amide bonds. The van der Waals surface area contributed by atoms with Gasteiger partial charge in [-0.3, -0.25) is 0 Å². The molecule has 5 heteroatoms. The monoisotopic (exact) mass is 349 g/mol. The summed E-state index contributed by atoms with van der Waals surface area (Å²) in [4.78, 5) is 9.01. The van der Waals surface area contributed by atoms with Gasteiger partial charge in [0.15, 0.2) is 5.82 Å². The van der Waals surface area contributed by atoms with Crippen LogP contribution in [0.5, 0.6) is 0 Å². The van der Waals surface area contributed by atoms with Crippen LogP contribution in [0.15, 0.2) is 0 Å². The summed E-state index contributed by atoms with van der Waals surface area (Å²) < 4.78 is 6.49. The SMILES string of the molecule is CCCNc1nc(COCC)nc(CC)c1I. The van der Waals surface area contributed by atoms with E-state index in [1.54, 1.807) is 0 Å². The van der Waals surface area contributed by atoms with Crippen molar-refractivity contribution in [1.82, 2.24) is 9.97 Å². The molecular weight excluding hydrogens is 329 g/mol. The van der Waals surface area contributed by atoms with Crippen molar-refractivity contribution in [3.8, 4) is 0 Å². The first-order chi connectivity index (χ1) is 8.22. The number of rotatable bonds is 7. The van der Waals surface area contributed by atoms with Gasteiger partial charge < -0.3 is 10.1 Å². The van der Waals surface area contributed by atoms with Gasteiger partial charge in [0, 0.05) is 13.2 Å². The predicted octanol–water partition coefficient (Wildman–Crippen LogP) is 3.00. The van der Waals surface area contributed by atoms with Crippen molar-refractivity contribution >= 4 is 28.4 Å². The molecule has 17 heavy (non-hydrogen) atoms. The normalized spacial score (nSPS) is 10.6. The molecule has 0 aliphatic rings. The first kappa shape index (κ1) is 14.6. The van der Waals surface area contributed by atoms with Crippen LogP contribution in [-0.4, -0.2) is 23.1 Å². The molecule has 0 unspecified atom stereocenters. The van der Waals surface area contributed by atoms with E-state index in [9.17, 15) is 0 Å². The summed E-state index contributed by atoms with van der Waals surface area (Å²) in [6.45, 7) is 8.34. The summed E-state index contributed by atoms with van der Waals surface area (Å²) in [5.41, 5.74) is 1.09. The highest BCUT2D eigenvalue weighted by Crippen LogP contribution is 2.20. The van der Waals surface area contributed by atoms with E-state index in [4.69, 9.17) is 4.74 Å². The number of nitrogens with zero attached hydrogens (tertiary/aromatic N) is 2. The van der Waals surface area contributed by atoms with E-state index >= 15 is 0 Å². The van der Waals surface area contributed by atoms with Crippen LogP contribution < -0.4 is 5.32 Å². The molecule has 1 aromatic rings. The minimum Gasteiger partial charge on any atom is -0.374 e. The summed E-state index contributed by atoms with van der Waals surface area (Å²) in [6, 6.07) is 0. The highest BCUT2D eigenvalue weighted by Gasteiger charge is 2.10. The van der Waals surface area contributed by atoms with Crippen LogP contribution in [0.1, 0.15) is 38.7 Å². The van der Waals surface area contributed by atoms with E-state index in [-0.39, 0.29) is 0 Å². The minimum atomic E-state index is 0.487. The summed E-state index contributed by atoms with van der Waals surface area (Å²) in [6.07, 6.45) is 2.00. The lowest BCUT2D eigenvalue weighted by molar-refractivity contribution is 0.128. The average Bonchev–Trinajstić information content (AvgIpc) is 2.35. The second-order valence-electron chi connectivity index (χ2n) is 3.67. The van der Waals surface area contributed by atoms with Crippen LogP contribution in [-0.2, 0) is 17.8 Å². The Bertz CT molecular complexity index is 358. The zero-order chi connectivity index (χ0) is 12.7. The highest BCUT2D eigenvalue weighted by atomic mass is 127. The fourth-order valence-electron chi connectivity index (χ4n) is 1.40. The predicted molar refractivity (Wildman–Crippen MR) is 78.2 cm³/mol. The Morgan fingerprint density at radius 3 is 2.59 bits per heavy atom. The van der Waals surface area contributed by atoms with Crippen molar-refractivity contribution in [2.24, 2.45) is 0 Å². The number of aromatic nitrogens is 2. The molecule has 0 radical (unpaired) electrons. The second kappa shape index (κ2) is 7.81. The van der Waals surface area contributed by atoms with E-state index in [0.717, 1.165) is 40.3 Å². The Morgan fingerprint density at radius 1 is 1.24 bits per heavy atom. The molecule has 0 aliphatic carbocycles. The maximum atomic E-state index is 5.36. The Kier molecular flexibility index (Phi) is 6.72. The number of ether oxygens (including phenoxy) is 1. The van der Waals surface area contributed by atoms with Crippen LogP contribution in [0.25, 0.3) is 0 Å². The lowest BCUT2D eigenvalue weighted by Crippen LogP contribution is -2.11. The second-order valence-corrected chi connectivity index (χ2v) is 4.75. The van der Waals surface area contributed by atoms with Gasteiger partial charge in [-0.1, -0.05) is 13.8 Å². The fourth-order valence-corrected chi connectivity index (χ4v) is 2.21. The number of nitrogens with one attached hydrogen (secondary N) is 1. The molecule has 0 aromatic carbocycles. The smallest absolute Gasteiger partial charge is 0.156 e. The van der Waals surface area contributed by atoms with Crippen LogP contribution in [0.4, 0.5) is 5.82 Å². The van der Waals surface area contributed by atoms with Crippen LogP contribution >= 0.6 is 22.6 Å². The Labute approximate surface area is 117 Å². The largest absolute Gasteiger partial charge is 0.374 e. The lowest BCUT2D eigenvalue weighted by Gasteiger charge is -2.11. The van der Waals surface area contributed by atoms with Crippen molar-refractivity contribution in [2.75, 3.05) is 18.5 Å². The van der Waals surface area contributed by atoms with Gasteiger partial charge in [-0.25, -0.2) is 9.97 Å². The zero-order valence-electron chi connectivity index (χ0n) is 10.7. The average molecular weight is 349 g/mol. The first-order valence-corrected chi connectivity index (χ1v) is 7.17. The van der Waals surface area contributed by atoms with Gasteiger partial charge in [0.1, 0.15) is 12.4 Å². The molecule has 1 N–H and O–H groups in total. The van der Waals surface area contributed by atoms with E-state index in [2.05, 4.69) is 51.7 Å². The summed E-state index contributed by atoms with van der Waals surface area (Å²) >= 11 is 2.31. The quantitative estimate of drug-likeness (QED) is 0.769. The maximum Gasteiger partial charge on any atom is 0.156 e. The lowest BCUT2D eigenvalue weighted by atomic mass is 10.3. The first-order valence-electron chi connectivity index (χ1n) is 6.09. The van der Waals surface area contributed by atoms with Crippen molar-refractivity contribution < 1.29 is 4.74 Å². The van der Waals surface area contributed by atoms with E-state index < -0.39 is 0 Å². The van der Waals surface area contributed by atoms with Crippen molar-refractivity contribution in [3.05, 3.63) is 15.1 Å². The van der Waals surface area contributed by atoms with Crippen molar-refractivity contribution in [2.45, 2.75) is 40.2 Å². The molecule has 96 valence electrons. The van der Waals surface area contributed by atoms with E-state index in [1.165, 1.54) is 0 Å². The molecule has 4 nitrogen and oxygen atoms in total. The molecule has 0 atom stereocenters. The number of halogens is 1. The van der Waals surface area contributed by atoms with Gasteiger partial charge in [-0.2, -0.15) is 0 Å². The van der Waals surface area contributed by atoms with Crippen LogP contribution in [0.2, 0.25) is 0 Å². The third kappa shape index (κ3) is 4.39. The Hall–Kier alpha value is -0.430. The number of hydrogen-bond acceptors (Lipinski definition) is 4. The topological polar surface area (TPSA) is 47.0 Å². The molecule has 1 aromatic heterocycles. The summed E-state index contributed by atoms with van der Waals surface area (Å²) in [5.74, 6) is 1.71. The summed E-state index contributed by atoms with van der Waals surface area (Å²) in [7, 11) is 0. The molecule has 1 rings (SSSR count). The van der Waals surface area contributed by atoms with Gasteiger partial charge in [-0.05, 0) is 42.4 Å². The Balaban J connectivity index is 2.92. The van der Waals surface area contributed by atoms with E-state index in [0.29, 0.717) is 13.2 Å². The van der Waals surface area contributed by atoms with Gasteiger partial charge >= 0.3 is 0 Å². The van der Waals surface area contributed by atoms with Crippen molar-refractivity contribution in [1.29, 1.82) is 0 Å². The van der Waals surface area contributed by atoms with Crippen LogP contribution in [0, 0.1) is 3.57 Å². The highest BCUT2D eigenvalue weighted by molar-refractivity contribution is 14.1. The molecule has 0 saturated carbocycles. The molecule has 0 saturated heterocycles. The minimum absolute atomic E-state index is 0.487. The molecular formula is C12H20IN3O. The van der Waals surface area contributed by atoms with Gasteiger partial charge in [0.05, 0.1) is 9.26 Å². The third-order valence-corrected chi connectivity index (χ3v) is 3.41. The molecule has 0 spiro atoms. The molecule has 1 heterocycles. The van der Waals surface area contributed by atoms with E-state index in [1.807, 2.05) is 6.92 Å². The van der Waals surface area contributed by atoms with Gasteiger partial charge in [-0.15, -0.1) is 0 Å². The molecule has 0 aliphatic heterocycles.